The Kier molecular flexibility index (Phi) is 9.25. The molecule has 9 heteroatoms. The Morgan fingerprint density at radius 1 is 1.07 bits per heavy atom. The summed E-state index contributed by atoms with van der Waals surface area (Å²) < 4.78 is 0. The first-order valence-corrected chi connectivity index (χ1v) is 14.1. The Balaban J connectivity index is 1.42. The molecule has 0 aliphatic heterocycles. The fraction of sp³-hybridized carbons (Fsp3) is 0.484. The Labute approximate surface area is 236 Å². The molecule has 1 fully saturated rings. The minimum absolute atomic E-state index is 0.0100. The first kappa shape index (κ1) is 29.3. The number of hydrogen-bond donors (Lipinski definition) is 4. The van der Waals surface area contributed by atoms with E-state index in [-0.39, 0.29) is 18.6 Å². The average molecular weight is 548 g/mol. The van der Waals surface area contributed by atoms with Crippen molar-refractivity contribution in [2.45, 2.75) is 65.0 Å². The van der Waals surface area contributed by atoms with Crippen LogP contribution in [0.5, 0.6) is 0 Å². The van der Waals surface area contributed by atoms with Crippen LogP contribution in [0.1, 0.15) is 63.7 Å². The van der Waals surface area contributed by atoms with E-state index < -0.39 is 11.6 Å². The van der Waals surface area contributed by atoms with Crippen LogP contribution < -0.4 is 10.6 Å². The fourth-order valence-corrected chi connectivity index (χ4v) is 5.29. The van der Waals surface area contributed by atoms with Crippen molar-refractivity contribution < 1.29 is 19.8 Å². The van der Waals surface area contributed by atoms with Crippen molar-refractivity contribution in [3.05, 3.63) is 54.2 Å². The van der Waals surface area contributed by atoms with E-state index in [0.717, 1.165) is 42.1 Å². The van der Waals surface area contributed by atoms with Crippen molar-refractivity contribution in [1.29, 1.82) is 0 Å². The lowest BCUT2D eigenvalue weighted by Crippen LogP contribution is -2.47. The molecule has 2 heterocycles. The van der Waals surface area contributed by atoms with Crippen molar-refractivity contribution >= 4 is 28.7 Å². The first-order chi connectivity index (χ1) is 19.0. The number of anilines is 1. The van der Waals surface area contributed by atoms with Crippen LogP contribution in [0, 0.1) is 11.8 Å². The van der Waals surface area contributed by atoms with Crippen molar-refractivity contribution in [3.63, 3.8) is 0 Å². The predicted molar refractivity (Wildman–Crippen MR) is 157 cm³/mol. The summed E-state index contributed by atoms with van der Waals surface area (Å²) in [5.74, 6) is 1.24. The van der Waals surface area contributed by atoms with Gasteiger partial charge in [0.05, 0.1) is 23.4 Å². The van der Waals surface area contributed by atoms with Gasteiger partial charge in [-0.3, -0.25) is 4.79 Å². The summed E-state index contributed by atoms with van der Waals surface area (Å²) in [6, 6.07) is 13.1. The van der Waals surface area contributed by atoms with E-state index >= 15 is 0 Å². The van der Waals surface area contributed by atoms with Gasteiger partial charge in [0, 0.05) is 41.8 Å². The number of fused-ring (bicyclic) bond motifs is 1. The zero-order valence-corrected chi connectivity index (χ0v) is 23.9. The number of nitrogens with zero attached hydrogens (tertiary/aromatic N) is 3. The molecule has 1 aliphatic carbocycles. The van der Waals surface area contributed by atoms with Gasteiger partial charge in [0.15, 0.2) is 0 Å². The van der Waals surface area contributed by atoms with Crippen LogP contribution in [-0.4, -0.2) is 68.4 Å². The molecule has 1 aromatic carbocycles. The highest BCUT2D eigenvalue weighted by molar-refractivity contribution is 6.07. The summed E-state index contributed by atoms with van der Waals surface area (Å²) in [5.41, 5.74) is 2.36. The lowest BCUT2D eigenvalue weighted by molar-refractivity contribution is 0.0786. The lowest BCUT2D eigenvalue weighted by Gasteiger charge is -2.38. The van der Waals surface area contributed by atoms with Gasteiger partial charge >= 0.3 is 6.09 Å². The molecule has 214 valence electrons. The number of benzene rings is 1. The maximum absolute atomic E-state index is 13.4. The molecule has 1 aliphatic rings. The molecule has 0 radical (unpaired) electrons. The Bertz CT molecular complexity index is 1310. The van der Waals surface area contributed by atoms with Crippen LogP contribution in [0.25, 0.3) is 22.2 Å². The standard InChI is InChI=1S/C31H41N5O4/c1-20(19-37)34-28-14-13-23(17-32-28)27-15-25(24-7-5-6-8-26(24)35-27)29(38)33-16-21-9-11-22(12-10-21)18-36(30(39)40)31(2,3)4/h5-8,13-15,17,20-22,37H,9-12,16,18-19H2,1-4H3,(H,32,34)(H,33,38)(H,39,40)/t20?,21-,22-. The van der Waals surface area contributed by atoms with Gasteiger partial charge in [0.2, 0.25) is 0 Å². The topological polar surface area (TPSA) is 128 Å². The smallest absolute Gasteiger partial charge is 0.407 e. The molecular weight excluding hydrogens is 506 g/mol. The summed E-state index contributed by atoms with van der Waals surface area (Å²) >= 11 is 0. The zero-order chi connectivity index (χ0) is 28.9. The Morgan fingerprint density at radius 3 is 2.40 bits per heavy atom. The number of carboxylic acid groups (broad SMARTS) is 1. The van der Waals surface area contributed by atoms with E-state index in [2.05, 4.69) is 15.6 Å². The maximum Gasteiger partial charge on any atom is 0.407 e. The molecule has 4 N–H and O–H groups in total. The summed E-state index contributed by atoms with van der Waals surface area (Å²) in [7, 11) is 0. The quantitative estimate of drug-likeness (QED) is 0.282. The molecule has 1 saturated carbocycles. The maximum atomic E-state index is 13.4. The van der Waals surface area contributed by atoms with Crippen molar-refractivity contribution in [2.24, 2.45) is 11.8 Å². The number of nitrogens with one attached hydrogen (secondary N) is 2. The lowest BCUT2D eigenvalue weighted by atomic mass is 9.81. The molecule has 0 spiro atoms. The van der Waals surface area contributed by atoms with Gasteiger partial charge in [-0.25, -0.2) is 14.8 Å². The van der Waals surface area contributed by atoms with Crippen molar-refractivity contribution in [1.82, 2.24) is 20.2 Å². The van der Waals surface area contributed by atoms with Crippen LogP contribution in [0.3, 0.4) is 0 Å². The molecule has 4 rings (SSSR count). The predicted octanol–water partition coefficient (Wildman–Crippen LogP) is 5.40. The van der Waals surface area contributed by atoms with Crippen LogP contribution in [0.15, 0.2) is 48.7 Å². The van der Waals surface area contributed by atoms with Crippen LogP contribution in [-0.2, 0) is 0 Å². The SMILES string of the molecule is CC(CO)Nc1ccc(-c2cc(C(=O)NC[C@H]3CC[C@H](CN(C(=O)O)C(C)(C)C)CC3)c3ccccc3n2)cn1. The monoisotopic (exact) mass is 547 g/mol. The van der Waals surface area contributed by atoms with E-state index in [9.17, 15) is 19.8 Å². The van der Waals surface area contributed by atoms with Crippen molar-refractivity contribution in [3.8, 4) is 11.3 Å². The second-order valence-electron chi connectivity index (χ2n) is 11.9. The zero-order valence-electron chi connectivity index (χ0n) is 23.9. The number of carbonyl (C=O) groups is 2. The molecule has 0 bridgehead atoms. The molecule has 9 nitrogen and oxygen atoms in total. The van der Waals surface area contributed by atoms with Crippen LogP contribution >= 0.6 is 0 Å². The van der Waals surface area contributed by atoms with E-state index in [1.807, 2.05) is 70.2 Å². The normalized spacial score (nSPS) is 18.2. The number of hydrogen-bond acceptors (Lipinski definition) is 6. The minimum Gasteiger partial charge on any atom is -0.465 e. The second kappa shape index (κ2) is 12.6. The molecular formula is C31H41N5O4. The van der Waals surface area contributed by atoms with Gasteiger partial charge in [-0.2, -0.15) is 0 Å². The third-order valence-electron chi connectivity index (χ3n) is 7.69. The van der Waals surface area contributed by atoms with Gasteiger partial charge in [0.1, 0.15) is 5.82 Å². The molecule has 1 atom stereocenters. The molecule has 40 heavy (non-hydrogen) atoms. The summed E-state index contributed by atoms with van der Waals surface area (Å²) in [5, 5.41) is 26.0. The fourth-order valence-electron chi connectivity index (χ4n) is 5.29. The summed E-state index contributed by atoms with van der Waals surface area (Å²) in [6.45, 7) is 8.81. The molecule has 2 aromatic heterocycles. The number of pyridine rings is 2. The number of amides is 2. The van der Waals surface area contributed by atoms with Crippen molar-refractivity contribution in [2.75, 3.05) is 25.0 Å². The minimum atomic E-state index is -0.870. The highest BCUT2D eigenvalue weighted by Gasteiger charge is 2.31. The number of para-hydroxylation sites is 1. The Morgan fingerprint density at radius 2 is 1.77 bits per heavy atom. The van der Waals surface area contributed by atoms with E-state index in [1.54, 1.807) is 11.1 Å². The Hall–Kier alpha value is -3.72. The summed E-state index contributed by atoms with van der Waals surface area (Å²) in [4.78, 5) is 35.9. The largest absolute Gasteiger partial charge is 0.465 e. The summed E-state index contributed by atoms with van der Waals surface area (Å²) in [6.07, 6.45) is 4.69. The number of rotatable bonds is 9. The van der Waals surface area contributed by atoms with Gasteiger partial charge in [-0.15, -0.1) is 0 Å². The average Bonchev–Trinajstić information content (AvgIpc) is 2.94. The van der Waals surface area contributed by atoms with Gasteiger partial charge in [-0.05, 0) is 89.5 Å². The highest BCUT2D eigenvalue weighted by atomic mass is 16.4. The third kappa shape index (κ3) is 7.27. The first-order valence-electron chi connectivity index (χ1n) is 14.1. The highest BCUT2D eigenvalue weighted by Crippen LogP contribution is 2.31. The molecule has 3 aromatic rings. The van der Waals surface area contributed by atoms with Crippen LogP contribution in [0.4, 0.5) is 10.6 Å². The number of aliphatic hydroxyl groups is 1. The van der Waals surface area contributed by atoms with Gasteiger partial charge in [-0.1, -0.05) is 18.2 Å². The van der Waals surface area contributed by atoms with Gasteiger partial charge in [0.25, 0.3) is 5.91 Å². The number of aliphatic hydroxyl groups excluding tert-OH is 1. The molecule has 2 amide bonds. The molecule has 1 unspecified atom stereocenters. The number of carbonyl (C=O) groups excluding carboxylic acids is 1. The van der Waals surface area contributed by atoms with Crippen LogP contribution in [0.2, 0.25) is 0 Å². The van der Waals surface area contributed by atoms with Gasteiger partial charge < -0.3 is 25.7 Å². The van der Waals surface area contributed by atoms with E-state index in [4.69, 9.17) is 4.98 Å². The second-order valence-corrected chi connectivity index (χ2v) is 11.9. The number of aromatic nitrogens is 2. The van der Waals surface area contributed by atoms with E-state index in [1.165, 1.54) is 0 Å². The molecule has 0 saturated heterocycles. The van der Waals surface area contributed by atoms with E-state index in [0.29, 0.717) is 42.0 Å². The third-order valence-corrected chi connectivity index (χ3v) is 7.69.